The van der Waals surface area contributed by atoms with Gasteiger partial charge in [0.2, 0.25) is 0 Å². The Kier molecular flexibility index (Phi) is 3.10. The molecule has 0 aliphatic carbocycles. The molecule has 110 valence electrons. The lowest BCUT2D eigenvalue weighted by Crippen LogP contribution is -2.01. The van der Waals surface area contributed by atoms with Crippen molar-refractivity contribution in [2.75, 3.05) is 0 Å². The fraction of sp³-hybridized carbons (Fsp3) is 0.111. The number of hydrogen-bond acceptors (Lipinski definition) is 2. The molecule has 3 rings (SSSR count). The van der Waals surface area contributed by atoms with Gasteiger partial charge in [-0.15, -0.1) is 0 Å². The molecule has 0 spiro atoms. The van der Waals surface area contributed by atoms with Gasteiger partial charge in [-0.2, -0.15) is 0 Å². The van der Waals surface area contributed by atoms with E-state index in [9.17, 15) is 19.8 Å². The van der Waals surface area contributed by atoms with Crippen molar-refractivity contribution < 1.29 is 19.8 Å². The molecule has 0 aliphatic heterocycles. The van der Waals surface area contributed by atoms with E-state index in [0.29, 0.717) is 10.8 Å². The van der Waals surface area contributed by atoms with Crippen LogP contribution in [0.1, 0.15) is 31.8 Å². The summed E-state index contributed by atoms with van der Waals surface area (Å²) in [5, 5.41) is 21.6. The maximum atomic E-state index is 11.4. The van der Waals surface area contributed by atoms with Crippen molar-refractivity contribution in [1.29, 1.82) is 0 Å². The van der Waals surface area contributed by atoms with Gasteiger partial charge in [0.25, 0.3) is 0 Å². The third-order valence-electron chi connectivity index (χ3n) is 4.04. The van der Waals surface area contributed by atoms with Gasteiger partial charge in [0, 0.05) is 0 Å². The van der Waals surface area contributed by atoms with Crippen LogP contribution in [0, 0.1) is 13.8 Å². The van der Waals surface area contributed by atoms with Crippen LogP contribution in [0.2, 0.25) is 0 Å². The normalized spacial score (nSPS) is 11.0. The van der Waals surface area contributed by atoms with Gasteiger partial charge in [0.1, 0.15) is 0 Å². The molecule has 22 heavy (non-hydrogen) atoms. The van der Waals surface area contributed by atoms with Crippen LogP contribution in [-0.2, 0) is 0 Å². The molecule has 0 atom stereocenters. The number of fused-ring (bicyclic) bond motifs is 3. The molecular weight excluding hydrogens is 280 g/mol. The van der Waals surface area contributed by atoms with Crippen LogP contribution in [0.4, 0.5) is 0 Å². The van der Waals surface area contributed by atoms with Crippen molar-refractivity contribution in [3.05, 3.63) is 58.7 Å². The summed E-state index contributed by atoms with van der Waals surface area (Å²) in [6.07, 6.45) is 0. The monoisotopic (exact) mass is 294 g/mol. The highest BCUT2D eigenvalue weighted by Gasteiger charge is 2.16. The summed E-state index contributed by atoms with van der Waals surface area (Å²) in [4.78, 5) is 22.9. The third kappa shape index (κ3) is 1.92. The molecule has 3 aromatic rings. The minimum Gasteiger partial charge on any atom is -0.478 e. The Morgan fingerprint density at radius 1 is 0.682 bits per heavy atom. The fourth-order valence-corrected chi connectivity index (χ4v) is 3.01. The molecule has 0 saturated heterocycles. The Morgan fingerprint density at radius 2 is 1.05 bits per heavy atom. The molecule has 3 aromatic carbocycles. The van der Waals surface area contributed by atoms with Gasteiger partial charge in [-0.25, -0.2) is 9.59 Å². The van der Waals surface area contributed by atoms with Crippen LogP contribution in [0.3, 0.4) is 0 Å². The summed E-state index contributed by atoms with van der Waals surface area (Å²) >= 11 is 0. The molecule has 0 unspecified atom stereocenters. The quantitative estimate of drug-likeness (QED) is 0.700. The van der Waals surface area contributed by atoms with E-state index in [1.165, 1.54) is 0 Å². The molecular formula is C18H14O4. The zero-order valence-corrected chi connectivity index (χ0v) is 12.2. The van der Waals surface area contributed by atoms with Gasteiger partial charge < -0.3 is 10.2 Å². The minimum atomic E-state index is -0.989. The van der Waals surface area contributed by atoms with E-state index in [0.717, 1.165) is 21.9 Å². The van der Waals surface area contributed by atoms with Crippen LogP contribution in [0.25, 0.3) is 21.5 Å². The van der Waals surface area contributed by atoms with Gasteiger partial charge >= 0.3 is 11.9 Å². The van der Waals surface area contributed by atoms with Crippen molar-refractivity contribution in [3.63, 3.8) is 0 Å². The SMILES string of the molecule is Cc1ccc(C(=O)O)c2ccc3c(C(=O)O)ccc(C)c3c12. The molecule has 0 heterocycles. The Balaban J connectivity index is 2.62. The Bertz CT molecular complexity index is 876. The smallest absolute Gasteiger partial charge is 0.336 e. The van der Waals surface area contributed by atoms with E-state index < -0.39 is 11.9 Å². The summed E-state index contributed by atoms with van der Waals surface area (Å²) in [7, 11) is 0. The molecule has 0 bridgehead atoms. The fourth-order valence-electron chi connectivity index (χ4n) is 3.01. The maximum Gasteiger partial charge on any atom is 0.336 e. The first-order chi connectivity index (χ1) is 10.4. The largest absolute Gasteiger partial charge is 0.478 e. The van der Waals surface area contributed by atoms with Gasteiger partial charge in [0.05, 0.1) is 11.1 Å². The first-order valence-corrected chi connectivity index (χ1v) is 6.84. The number of hydrogen-bond donors (Lipinski definition) is 2. The van der Waals surface area contributed by atoms with Crippen LogP contribution in [0.5, 0.6) is 0 Å². The molecule has 4 nitrogen and oxygen atoms in total. The van der Waals surface area contributed by atoms with E-state index in [-0.39, 0.29) is 11.1 Å². The number of rotatable bonds is 2. The first kappa shape index (κ1) is 14.1. The summed E-state index contributed by atoms with van der Waals surface area (Å²) < 4.78 is 0. The van der Waals surface area contributed by atoms with Crippen molar-refractivity contribution in [1.82, 2.24) is 0 Å². The summed E-state index contributed by atoms with van der Waals surface area (Å²) in [5.74, 6) is -1.98. The second-order valence-corrected chi connectivity index (χ2v) is 5.38. The standard InChI is InChI=1S/C18H14O4/c1-9-3-5-13(17(19)20)11-7-8-12-14(18(21)22)6-4-10(2)16(12)15(9)11/h3-8H,1-2H3,(H,19,20)(H,21,22). The van der Waals surface area contributed by atoms with Crippen LogP contribution < -0.4 is 0 Å². The molecule has 0 radical (unpaired) electrons. The molecule has 0 aromatic heterocycles. The molecule has 4 heteroatoms. The van der Waals surface area contributed by atoms with Crippen LogP contribution >= 0.6 is 0 Å². The van der Waals surface area contributed by atoms with E-state index in [2.05, 4.69) is 0 Å². The topological polar surface area (TPSA) is 74.6 Å². The number of aromatic carboxylic acids is 2. The molecule has 0 saturated carbocycles. The van der Waals surface area contributed by atoms with Crippen LogP contribution in [-0.4, -0.2) is 22.2 Å². The minimum absolute atomic E-state index is 0.225. The molecule has 0 aliphatic rings. The van der Waals surface area contributed by atoms with Gasteiger partial charge in [0.15, 0.2) is 0 Å². The van der Waals surface area contributed by atoms with Crippen molar-refractivity contribution in [3.8, 4) is 0 Å². The highest BCUT2D eigenvalue weighted by Crippen LogP contribution is 2.34. The molecule has 0 fully saturated rings. The first-order valence-electron chi connectivity index (χ1n) is 6.84. The van der Waals surface area contributed by atoms with Crippen LogP contribution in [0.15, 0.2) is 36.4 Å². The molecule has 0 amide bonds. The van der Waals surface area contributed by atoms with E-state index in [1.807, 2.05) is 13.8 Å². The van der Waals surface area contributed by atoms with Gasteiger partial charge in [-0.1, -0.05) is 24.3 Å². The Labute approximate surface area is 126 Å². The highest BCUT2D eigenvalue weighted by molar-refractivity contribution is 6.19. The average Bonchev–Trinajstić information content (AvgIpc) is 2.46. The van der Waals surface area contributed by atoms with Gasteiger partial charge in [-0.05, 0) is 58.7 Å². The number of carbonyl (C=O) groups is 2. The summed E-state index contributed by atoms with van der Waals surface area (Å²) in [6, 6.07) is 10.1. The second-order valence-electron chi connectivity index (χ2n) is 5.38. The highest BCUT2D eigenvalue weighted by atomic mass is 16.4. The number of benzene rings is 3. The number of carboxylic acid groups (broad SMARTS) is 2. The predicted octanol–water partition coefficient (Wildman–Crippen LogP) is 4.01. The van der Waals surface area contributed by atoms with Crippen molar-refractivity contribution in [2.24, 2.45) is 0 Å². The lowest BCUT2D eigenvalue weighted by molar-refractivity contribution is 0.0688. The zero-order chi connectivity index (χ0) is 16.0. The third-order valence-corrected chi connectivity index (χ3v) is 4.04. The molecule has 2 N–H and O–H groups in total. The Morgan fingerprint density at radius 3 is 1.36 bits per heavy atom. The van der Waals surface area contributed by atoms with E-state index >= 15 is 0 Å². The van der Waals surface area contributed by atoms with Gasteiger partial charge in [-0.3, -0.25) is 0 Å². The number of carboxylic acids is 2. The number of aryl methyl sites for hydroxylation is 2. The lowest BCUT2D eigenvalue weighted by Gasteiger charge is -2.13. The van der Waals surface area contributed by atoms with Crippen molar-refractivity contribution in [2.45, 2.75) is 13.8 Å². The zero-order valence-electron chi connectivity index (χ0n) is 12.2. The van der Waals surface area contributed by atoms with E-state index in [1.54, 1.807) is 36.4 Å². The summed E-state index contributed by atoms with van der Waals surface area (Å²) in [5.41, 5.74) is 2.30. The maximum absolute atomic E-state index is 11.4. The van der Waals surface area contributed by atoms with E-state index in [4.69, 9.17) is 0 Å². The summed E-state index contributed by atoms with van der Waals surface area (Å²) in [6.45, 7) is 3.81. The second kappa shape index (κ2) is 4.84. The Hall–Kier alpha value is -2.88. The lowest BCUT2D eigenvalue weighted by atomic mass is 9.90. The average molecular weight is 294 g/mol. The van der Waals surface area contributed by atoms with Crippen molar-refractivity contribution >= 4 is 33.5 Å². The predicted molar refractivity (Wildman–Crippen MR) is 84.8 cm³/mol.